The van der Waals surface area contributed by atoms with Crippen LogP contribution in [0.15, 0.2) is 4.99 Å². The largest absolute Gasteiger partial charge is 0.373 e. The van der Waals surface area contributed by atoms with Crippen molar-refractivity contribution >= 4 is 11.9 Å². The van der Waals surface area contributed by atoms with Crippen molar-refractivity contribution in [2.45, 2.75) is 75.7 Å². The number of amides is 1. The number of fused-ring (bicyclic) bond motifs is 2. The van der Waals surface area contributed by atoms with Crippen molar-refractivity contribution in [1.82, 2.24) is 16.0 Å². The Labute approximate surface area is 132 Å². The number of guanidine groups is 1. The predicted molar refractivity (Wildman–Crippen MR) is 85.8 cm³/mol. The molecule has 0 aromatic heterocycles. The summed E-state index contributed by atoms with van der Waals surface area (Å²) in [5, 5.41) is 9.77. The fourth-order valence-electron chi connectivity index (χ4n) is 3.82. The predicted octanol–water partition coefficient (Wildman–Crippen LogP) is 0.920. The smallest absolute Gasteiger partial charge is 0.221 e. The van der Waals surface area contributed by atoms with Gasteiger partial charge in [0.2, 0.25) is 5.91 Å². The first-order valence-electron chi connectivity index (χ1n) is 8.66. The zero-order valence-electron chi connectivity index (χ0n) is 13.4. The Kier molecular flexibility index (Phi) is 5.18. The maximum absolute atomic E-state index is 11.9. The van der Waals surface area contributed by atoms with Crippen LogP contribution in [0.25, 0.3) is 0 Å². The molecule has 3 atom stereocenters. The second kappa shape index (κ2) is 7.31. The summed E-state index contributed by atoms with van der Waals surface area (Å²) in [4.78, 5) is 16.1. The van der Waals surface area contributed by atoms with Crippen LogP contribution in [-0.2, 0) is 9.53 Å². The number of hydrogen-bond donors (Lipinski definition) is 3. The van der Waals surface area contributed by atoms with Crippen molar-refractivity contribution < 1.29 is 9.53 Å². The summed E-state index contributed by atoms with van der Waals surface area (Å²) in [5.74, 6) is 0.910. The average molecular weight is 308 g/mol. The number of nitrogens with zero attached hydrogens (tertiary/aromatic N) is 1. The van der Waals surface area contributed by atoms with Gasteiger partial charge in [-0.1, -0.05) is 12.8 Å². The zero-order chi connectivity index (χ0) is 15.4. The van der Waals surface area contributed by atoms with Gasteiger partial charge in [0.05, 0.1) is 18.2 Å². The van der Waals surface area contributed by atoms with E-state index < -0.39 is 0 Å². The third kappa shape index (κ3) is 3.91. The van der Waals surface area contributed by atoms with Crippen molar-refractivity contribution in [3.05, 3.63) is 0 Å². The van der Waals surface area contributed by atoms with Gasteiger partial charge in [0.25, 0.3) is 0 Å². The molecule has 124 valence electrons. The lowest BCUT2D eigenvalue weighted by molar-refractivity contribution is -0.121. The standard InChI is InChI=1S/C16H28N4O2/c1-17-16(20-13-10-12-6-7-14(13)22-12)18-9-8-15(21)19-11-4-2-3-5-11/h11-14H,2-10H2,1H3,(H,19,21)(H2,17,18,20). The summed E-state index contributed by atoms with van der Waals surface area (Å²) in [6.45, 7) is 0.611. The number of aliphatic imine (C=N–C) groups is 1. The van der Waals surface area contributed by atoms with Crippen LogP contribution in [0, 0.1) is 0 Å². The summed E-state index contributed by atoms with van der Waals surface area (Å²) in [7, 11) is 1.77. The van der Waals surface area contributed by atoms with Crippen LogP contribution in [0.5, 0.6) is 0 Å². The van der Waals surface area contributed by atoms with Gasteiger partial charge in [-0.3, -0.25) is 9.79 Å². The van der Waals surface area contributed by atoms with Crippen LogP contribution < -0.4 is 16.0 Å². The average Bonchev–Trinajstić information content (AvgIpc) is 3.23. The van der Waals surface area contributed by atoms with E-state index in [1.165, 1.54) is 19.3 Å². The molecule has 0 spiro atoms. The molecule has 1 saturated carbocycles. The second-order valence-corrected chi connectivity index (χ2v) is 6.66. The van der Waals surface area contributed by atoms with Gasteiger partial charge in [-0.25, -0.2) is 0 Å². The Balaban J connectivity index is 1.33. The Bertz CT molecular complexity index is 420. The van der Waals surface area contributed by atoms with E-state index in [9.17, 15) is 4.79 Å². The minimum atomic E-state index is 0.137. The molecule has 3 N–H and O–H groups in total. The van der Waals surface area contributed by atoms with E-state index in [0.29, 0.717) is 37.3 Å². The highest BCUT2D eigenvalue weighted by molar-refractivity contribution is 5.81. The molecule has 3 aliphatic rings. The van der Waals surface area contributed by atoms with Gasteiger partial charge in [-0.15, -0.1) is 0 Å². The van der Waals surface area contributed by atoms with Gasteiger partial charge >= 0.3 is 0 Å². The quantitative estimate of drug-likeness (QED) is 0.521. The van der Waals surface area contributed by atoms with E-state index in [4.69, 9.17) is 4.74 Å². The van der Waals surface area contributed by atoms with Gasteiger partial charge in [-0.05, 0) is 32.1 Å². The third-order valence-electron chi connectivity index (χ3n) is 5.02. The van der Waals surface area contributed by atoms with Gasteiger partial charge in [-0.2, -0.15) is 0 Å². The molecule has 22 heavy (non-hydrogen) atoms. The maximum Gasteiger partial charge on any atom is 0.221 e. The monoisotopic (exact) mass is 308 g/mol. The summed E-state index contributed by atoms with van der Waals surface area (Å²) in [6, 6.07) is 0.758. The van der Waals surface area contributed by atoms with Crippen LogP contribution >= 0.6 is 0 Å². The van der Waals surface area contributed by atoms with Crippen molar-refractivity contribution in [3.63, 3.8) is 0 Å². The molecular formula is C16H28N4O2. The van der Waals surface area contributed by atoms with E-state index in [1.807, 2.05) is 0 Å². The van der Waals surface area contributed by atoms with Gasteiger partial charge in [0.15, 0.2) is 5.96 Å². The van der Waals surface area contributed by atoms with Crippen LogP contribution in [0.1, 0.15) is 51.4 Å². The van der Waals surface area contributed by atoms with Gasteiger partial charge in [0.1, 0.15) is 0 Å². The second-order valence-electron chi connectivity index (χ2n) is 6.66. The molecule has 3 fully saturated rings. The molecule has 1 amide bonds. The molecule has 6 heteroatoms. The Morgan fingerprint density at radius 1 is 1.18 bits per heavy atom. The highest BCUT2D eigenvalue weighted by atomic mass is 16.5. The lowest BCUT2D eigenvalue weighted by atomic mass is 9.96. The number of hydrogen-bond acceptors (Lipinski definition) is 3. The van der Waals surface area contributed by atoms with Gasteiger partial charge in [0, 0.05) is 26.1 Å². The molecule has 6 nitrogen and oxygen atoms in total. The highest BCUT2D eigenvalue weighted by Crippen LogP contribution is 2.34. The number of ether oxygens (including phenoxy) is 1. The molecule has 0 radical (unpaired) electrons. The molecule has 3 unspecified atom stereocenters. The van der Waals surface area contributed by atoms with Gasteiger partial charge < -0.3 is 20.7 Å². The number of rotatable bonds is 5. The molecule has 0 aromatic carbocycles. The Morgan fingerprint density at radius 2 is 2.00 bits per heavy atom. The first-order chi connectivity index (χ1) is 10.7. The van der Waals surface area contributed by atoms with Crippen LogP contribution in [-0.4, -0.2) is 49.8 Å². The van der Waals surface area contributed by atoms with Crippen LogP contribution in [0.4, 0.5) is 0 Å². The molecule has 1 aliphatic carbocycles. The minimum Gasteiger partial charge on any atom is -0.373 e. The third-order valence-corrected chi connectivity index (χ3v) is 5.02. The van der Waals surface area contributed by atoms with E-state index in [2.05, 4.69) is 20.9 Å². The lowest BCUT2D eigenvalue weighted by Crippen LogP contribution is -2.48. The van der Waals surface area contributed by atoms with E-state index in [-0.39, 0.29) is 5.91 Å². The topological polar surface area (TPSA) is 74.8 Å². The van der Waals surface area contributed by atoms with Crippen molar-refractivity contribution in [2.75, 3.05) is 13.6 Å². The summed E-state index contributed by atoms with van der Waals surface area (Å²) in [5.41, 5.74) is 0. The highest BCUT2D eigenvalue weighted by Gasteiger charge is 2.41. The van der Waals surface area contributed by atoms with Crippen molar-refractivity contribution in [2.24, 2.45) is 4.99 Å². The van der Waals surface area contributed by atoms with Crippen molar-refractivity contribution in [3.8, 4) is 0 Å². The van der Waals surface area contributed by atoms with Crippen LogP contribution in [0.2, 0.25) is 0 Å². The lowest BCUT2D eigenvalue weighted by Gasteiger charge is -2.22. The summed E-state index contributed by atoms with van der Waals surface area (Å²) >= 11 is 0. The molecule has 2 bridgehead atoms. The number of carbonyl (C=O) groups excluding carboxylic acids is 1. The number of nitrogens with one attached hydrogen (secondary N) is 3. The normalized spacial score (nSPS) is 31.5. The molecule has 0 aromatic rings. The Hall–Kier alpha value is -1.30. The fraction of sp³-hybridized carbons (Fsp3) is 0.875. The van der Waals surface area contributed by atoms with E-state index in [0.717, 1.165) is 31.6 Å². The summed E-state index contributed by atoms with van der Waals surface area (Å²) in [6.07, 6.45) is 9.39. The zero-order valence-corrected chi connectivity index (χ0v) is 13.4. The van der Waals surface area contributed by atoms with Crippen LogP contribution in [0.3, 0.4) is 0 Å². The molecule has 2 saturated heterocycles. The summed E-state index contributed by atoms with van der Waals surface area (Å²) < 4.78 is 5.84. The fourth-order valence-corrected chi connectivity index (χ4v) is 3.82. The number of carbonyl (C=O) groups is 1. The van der Waals surface area contributed by atoms with E-state index in [1.54, 1.807) is 7.05 Å². The molecular weight excluding hydrogens is 280 g/mol. The molecule has 2 aliphatic heterocycles. The van der Waals surface area contributed by atoms with E-state index >= 15 is 0 Å². The molecule has 3 rings (SSSR count). The Morgan fingerprint density at radius 3 is 2.64 bits per heavy atom. The molecule has 2 heterocycles. The minimum absolute atomic E-state index is 0.137. The van der Waals surface area contributed by atoms with Crippen molar-refractivity contribution in [1.29, 1.82) is 0 Å². The SMILES string of the molecule is CN=C(NCCC(=O)NC1CCCC1)NC1CC2CCC1O2. The first kappa shape index (κ1) is 15.6. The first-order valence-corrected chi connectivity index (χ1v) is 8.66. The maximum atomic E-state index is 11.9.